The minimum atomic E-state index is 0.0381. The molecule has 3 heterocycles. The summed E-state index contributed by atoms with van der Waals surface area (Å²) >= 11 is 0. The third kappa shape index (κ3) is 3.37. The first-order valence-electron chi connectivity index (χ1n) is 8.90. The van der Waals surface area contributed by atoms with E-state index in [1.807, 2.05) is 45.6 Å². The zero-order valence-corrected chi connectivity index (χ0v) is 14.8. The Kier molecular flexibility index (Phi) is 4.51. The number of carbonyl (C=O) groups is 1. The largest absolute Gasteiger partial charge is 0.338 e. The van der Waals surface area contributed by atoms with Crippen molar-refractivity contribution >= 4 is 5.91 Å². The normalized spacial score (nSPS) is 17.4. The van der Waals surface area contributed by atoms with Crippen LogP contribution in [-0.4, -0.2) is 48.4 Å². The maximum atomic E-state index is 12.9. The van der Waals surface area contributed by atoms with Crippen LogP contribution in [0.25, 0.3) is 0 Å². The third-order valence-corrected chi connectivity index (χ3v) is 4.89. The van der Waals surface area contributed by atoms with Gasteiger partial charge in [0, 0.05) is 32.3 Å². The van der Waals surface area contributed by atoms with Gasteiger partial charge in [-0.1, -0.05) is 30.3 Å². The van der Waals surface area contributed by atoms with Gasteiger partial charge in [0.25, 0.3) is 5.91 Å². The average Bonchev–Trinajstić information content (AvgIpc) is 3.31. The summed E-state index contributed by atoms with van der Waals surface area (Å²) in [6, 6.07) is 10.1. The highest BCUT2D eigenvalue weighted by atomic mass is 16.2. The molecule has 7 heteroatoms. The second kappa shape index (κ2) is 7.11. The van der Waals surface area contributed by atoms with E-state index < -0.39 is 0 Å². The molecule has 7 nitrogen and oxygen atoms in total. The molecule has 134 valence electrons. The summed E-state index contributed by atoms with van der Waals surface area (Å²) < 4.78 is 3.75. The van der Waals surface area contributed by atoms with Gasteiger partial charge in [-0.15, -0.1) is 10.2 Å². The van der Waals surface area contributed by atoms with E-state index in [2.05, 4.69) is 27.4 Å². The molecular weight excluding hydrogens is 328 g/mol. The quantitative estimate of drug-likeness (QED) is 0.722. The second-order valence-corrected chi connectivity index (χ2v) is 6.80. The van der Waals surface area contributed by atoms with Crippen LogP contribution in [0.5, 0.6) is 0 Å². The van der Waals surface area contributed by atoms with Gasteiger partial charge in [0.1, 0.15) is 12.2 Å². The van der Waals surface area contributed by atoms with Gasteiger partial charge in [-0.3, -0.25) is 9.48 Å². The van der Waals surface area contributed by atoms with Crippen molar-refractivity contribution < 1.29 is 4.79 Å². The molecule has 0 spiro atoms. The van der Waals surface area contributed by atoms with Gasteiger partial charge in [0.15, 0.2) is 0 Å². The van der Waals surface area contributed by atoms with Crippen LogP contribution in [0.15, 0.2) is 49.1 Å². The van der Waals surface area contributed by atoms with Crippen LogP contribution in [-0.2, 0) is 13.6 Å². The molecular formula is C19H22N6O. The maximum absolute atomic E-state index is 12.9. The van der Waals surface area contributed by atoms with Crippen LogP contribution in [0.4, 0.5) is 0 Å². The molecule has 1 aliphatic heterocycles. The van der Waals surface area contributed by atoms with Crippen molar-refractivity contribution in [2.75, 3.05) is 13.1 Å². The molecule has 0 saturated carbocycles. The lowest BCUT2D eigenvalue weighted by Gasteiger charge is -2.31. The fourth-order valence-electron chi connectivity index (χ4n) is 3.55. The summed E-state index contributed by atoms with van der Waals surface area (Å²) in [5.41, 5.74) is 1.80. The van der Waals surface area contributed by atoms with Crippen molar-refractivity contribution in [1.82, 2.24) is 29.4 Å². The van der Waals surface area contributed by atoms with E-state index >= 15 is 0 Å². The number of likely N-dealkylation sites (tertiary alicyclic amines) is 1. The Hall–Kier alpha value is -2.96. The molecule has 1 amide bonds. The van der Waals surface area contributed by atoms with Gasteiger partial charge in [-0.05, 0) is 18.4 Å². The predicted molar refractivity (Wildman–Crippen MR) is 96.7 cm³/mol. The molecule has 0 bridgehead atoms. The molecule has 1 saturated heterocycles. The highest BCUT2D eigenvalue weighted by molar-refractivity contribution is 5.93. The molecule has 1 fully saturated rings. The van der Waals surface area contributed by atoms with E-state index in [1.54, 1.807) is 12.5 Å². The molecule has 26 heavy (non-hydrogen) atoms. The molecule has 0 N–H and O–H groups in total. The number of hydrogen-bond acceptors (Lipinski definition) is 4. The Morgan fingerprint density at radius 2 is 2.12 bits per heavy atom. The predicted octanol–water partition coefficient (Wildman–Crippen LogP) is 2.08. The van der Waals surface area contributed by atoms with Crippen molar-refractivity contribution in [1.29, 1.82) is 0 Å². The molecule has 0 aliphatic carbocycles. The Balaban J connectivity index is 1.45. The van der Waals surface area contributed by atoms with E-state index in [-0.39, 0.29) is 11.8 Å². The first-order valence-corrected chi connectivity index (χ1v) is 8.90. The molecule has 3 aromatic rings. The molecule has 1 aliphatic rings. The number of hydrogen-bond donors (Lipinski definition) is 0. The second-order valence-electron chi connectivity index (χ2n) is 6.80. The van der Waals surface area contributed by atoms with Crippen LogP contribution < -0.4 is 0 Å². The lowest BCUT2D eigenvalue weighted by atomic mass is 9.97. The summed E-state index contributed by atoms with van der Waals surface area (Å²) in [6.07, 6.45) is 7.22. The molecule has 4 rings (SSSR count). The first-order chi connectivity index (χ1) is 12.7. The lowest BCUT2D eigenvalue weighted by Crippen LogP contribution is -2.39. The summed E-state index contributed by atoms with van der Waals surface area (Å²) in [4.78, 5) is 14.8. The summed E-state index contributed by atoms with van der Waals surface area (Å²) in [5, 5.41) is 12.5. The zero-order chi connectivity index (χ0) is 17.9. The lowest BCUT2D eigenvalue weighted by molar-refractivity contribution is 0.0703. The summed E-state index contributed by atoms with van der Waals surface area (Å²) in [6.45, 7) is 2.11. The summed E-state index contributed by atoms with van der Waals surface area (Å²) in [7, 11) is 1.95. The Bertz CT molecular complexity index is 884. The van der Waals surface area contributed by atoms with E-state index in [1.165, 1.54) is 0 Å². The zero-order valence-electron chi connectivity index (χ0n) is 14.8. The number of benzene rings is 1. The SMILES string of the molecule is Cn1cnnc1[C@@H]1CCCN(C(=O)c2cnn(Cc3ccccc3)c2)C1. The smallest absolute Gasteiger partial charge is 0.257 e. The molecule has 1 aromatic carbocycles. The Labute approximate surface area is 152 Å². The van der Waals surface area contributed by atoms with Gasteiger partial charge in [0.2, 0.25) is 0 Å². The first kappa shape index (κ1) is 16.5. The number of aryl methyl sites for hydroxylation is 1. The van der Waals surface area contributed by atoms with E-state index in [9.17, 15) is 4.79 Å². The average molecular weight is 350 g/mol. The molecule has 2 aromatic heterocycles. The Morgan fingerprint density at radius 3 is 2.88 bits per heavy atom. The van der Waals surface area contributed by atoms with Gasteiger partial charge in [-0.2, -0.15) is 5.10 Å². The van der Waals surface area contributed by atoms with Crippen molar-refractivity contribution in [2.45, 2.75) is 25.3 Å². The number of amides is 1. The highest BCUT2D eigenvalue weighted by Gasteiger charge is 2.28. The maximum Gasteiger partial charge on any atom is 0.257 e. The number of nitrogens with zero attached hydrogens (tertiary/aromatic N) is 6. The van der Waals surface area contributed by atoms with Gasteiger partial charge in [-0.25, -0.2) is 0 Å². The van der Waals surface area contributed by atoms with Crippen molar-refractivity contribution in [3.8, 4) is 0 Å². The monoisotopic (exact) mass is 350 g/mol. The molecule has 1 atom stereocenters. The van der Waals surface area contributed by atoms with Gasteiger partial charge in [0.05, 0.1) is 18.3 Å². The van der Waals surface area contributed by atoms with Crippen LogP contribution in [0.2, 0.25) is 0 Å². The van der Waals surface area contributed by atoms with E-state index in [4.69, 9.17) is 0 Å². The topological polar surface area (TPSA) is 68.8 Å². The number of rotatable bonds is 4. The van der Waals surface area contributed by atoms with Crippen LogP contribution >= 0.6 is 0 Å². The van der Waals surface area contributed by atoms with Gasteiger partial charge >= 0.3 is 0 Å². The standard InChI is InChI=1S/C19H22N6O/c1-23-14-20-22-18(23)16-8-5-9-24(12-16)19(26)17-10-21-25(13-17)11-15-6-3-2-4-7-15/h2-4,6-7,10,13-14,16H,5,8-9,11-12H2,1H3/t16-/m1/s1. The third-order valence-electron chi connectivity index (χ3n) is 4.89. The van der Waals surface area contributed by atoms with E-state index in [0.717, 1.165) is 30.8 Å². The number of aromatic nitrogens is 5. The highest BCUT2D eigenvalue weighted by Crippen LogP contribution is 2.26. The van der Waals surface area contributed by atoms with E-state index in [0.29, 0.717) is 18.7 Å². The number of piperidine rings is 1. The minimum Gasteiger partial charge on any atom is -0.338 e. The summed E-state index contributed by atoms with van der Waals surface area (Å²) in [5.74, 6) is 1.22. The molecule has 0 radical (unpaired) electrons. The van der Waals surface area contributed by atoms with Crippen LogP contribution in [0.3, 0.4) is 0 Å². The molecule has 0 unspecified atom stereocenters. The minimum absolute atomic E-state index is 0.0381. The van der Waals surface area contributed by atoms with Crippen molar-refractivity contribution in [3.05, 3.63) is 66.0 Å². The fourth-order valence-corrected chi connectivity index (χ4v) is 3.55. The van der Waals surface area contributed by atoms with Gasteiger partial charge < -0.3 is 9.47 Å². The van der Waals surface area contributed by atoms with Crippen LogP contribution in [0.1, 0.15) is 40.5 Å². The fraction of sp³-hybridized carbons (Fsp3) is 0.368. The number of carbonyl (C=O) groups excluding carboxylic acids is 1. The van der Waals surface area contributed by atoms with Crippen molar-refractivity contribution in [2.24, 2.45) is 7.05 Å². The van der Waals surface area contributed by atoms with Crippen molar-refractivity contribution in [3.63, 3.8) is 0 Å². The Morgan fingerprint density at radius 1 is 1.27 bits per heavy atom. The van der Waals surface area contributed by atoms with Crippen LogP contribution in [0, 0.1) is 0 Å².